The minimum atomic E-state index is -0.982. The van der Waals surface area contributed by atoms with E-state index in [4.69, 9.17) is 11.5 Å². The lowest BCUT2D eigenvalue weighted by atomic mass is 10.1. The summed E-state index contributed by atoms with van der Waals surface area (Å²) in [5, 5.41) is 5.79. The highest BCUT2D eigenvalue weighted by Crippen LogP contribution is 2.15. The van der Waals surface area contributed by atoms with Crippen LogP contribution in [0.4, 0.5) is 5.69 Å². The van der Waals surface area contributed by atoms with Crippen LogP contribution in [0, 0.1) is 13.8 Å². The molecular formula is C27H49N5O3S. The third-order valence-electron chi connectivity index (χ3n) is 4.29. The third kappa shape index (κ3) is 20.6. The summed E-state index contributed by atoms with van der Waals surface area (Å²) in [6, 6.07) is 7.24. The van der Waals surface area contributed by atoms with Crippen LogP contribution in [0.2, 0.25) is 0 Å². The lowest BCUT2D eigenvalue weighted by Crippen LogP contribution is -2.29. The van der Waals surface area contributed by atoms with Crippen molar-refractivity contribution in [3.8, 4) is 0 Å². The average Bonchev–Trinajstić information content (AvgIpc) is 3.21. The highest BCUT2D eigenvalue weighted by atomic mass is 32.1. The number of unbranched alkanes of at least 4 members (excludes halogenated alkanes) is 2. The molecule has 0 saturated carbocycles. The number of hydrogen-bond donors (Lipinski definition) is 4. The van der Waals surface area contributed by atoms with Crippen LogP contribution in [0.5, 0.6) is 0 Å². The summed E-state index contributed by atoms with van der Waals surface area (Å²) in [6.07, 6.45) is 6.24. The van der Waals surface area contributed by atoms with Gasteiger partial charge in [0, 0.05) is 10.6 Å². The molecule has 36 heavy (non-hydrogen) atoms. The Bertz CT molecular complexity index is 807. The maximum Gasteiger partial charge on any atom is 0.313 e. The first kappa shape index (κ1) is 37.8. The Labute approximate surface area is 222 Å². The quantitative estimate of drug-likeness (QED) is 0.361. The maximum atomic E-state index is 10.9. The van der Waals surface area contributed by atoms with Crippen LogP contribution in [0.3, 0.4) is 0 Å². The Morgan fingerprint density at radius 1 is 0.917 bits per heavy atom. The Morgan fingerprint density at radius 2 is 1.44 bits per heavy atom. The zero-order chi connectivity index (χ0) is 28.5. The SMILES string of the molecule is CC.CCCCC.CCCNC.CCc1ccc(NC(=O)C(N)=O)cc1.Cc1nc(C(N)=O)sc1C. The van der Waals surface area contributed by atoms with Crippen LogP contribution in [-0.2, 0) is 16.0 Å². The second-order valence-electron chi connectivity index (χ2n) is 7.35. The highest BCUT2D eigenvalue weighted by molar-refractivity contribution is 7.13. The van der Waals surface area contributed by atoms with Crippen molar-refractivity contribution in [2.24, 2.45) is 11.5 Å². The van der Waals surface area contributed by atoms with Crippen LogP contribution in [-0.4, -0.2) is 36.3 Å². The highest BCUT2D eigenvalue weighted by Gasteiger charge is 2.08. The summed E-state index contributed by atoms with van der Waals surface area (Å²) in [6.45, 7) is 17.5. The number of amides is 3. The van der Waals surface area contributed by atoms with Crippen molar-refractivity contribution in [2.75, 3.05) is 18.9 Å². The van der Waals surface area contributed by atoms with Gasteiger partial charge in [0.25, 0.3) is 5.91 Å². The van der Waals surface area contributed by atoms with Crippen LogP contribution in [0.1, 0.15) is 93.2 Å². The molecule has 0 bridgehead atoms. The second kappa shape index (κ2) is 25.3. The summed E-state index contributed by atoms with van der Waals surface area (Å²) in [4.78, 5) is 36.9. The summed E-state index contributed by atoms with van der Waals surface area (Å²) >= 11 is 1.34. The number of aromatic nitrogens is 1. The topological polar surface area (TPSA) is 140 Å². The number of aryl methyl sites for hydroxylation is 3. The van der Waals surface area contributed by atoms with Crippen molar-refractivity contribution in [1.29, 1.82) is 0 Å². The number of carbonyl (C=O) groups is 3. The van der Waals surface area contributed by atoms with Gasteiger partial charge in [-0.2, -0.15) is 0 Å². The van der Waals surface area contributed by atoms with E-state index in [0.717, 1.165) is 23.5 Å². The summed E-state index contributed by atoms with van der Waals surface area (Å²) in [5.74, 6) is -2.22. The molecule has 0 saturated heterocycles. The fourth-order valence-corrected chi connectivity index (χ4v) is 2.96. The fourth-order valence-electron chi connectivity index (χ4n) is 2.20. The molecule has 8 nitrogen and oxygen atoms in total. The molecule has 2 rings (SSSR count). The average molecular weight is 524 g/mol. The van der Waals surface area contributed by atoms with Gasteiger partial charge in [0.05, 0.1) is 5.69 Å². The molecule has 2 aromatic rings. The van der Waals surface area contributed by atoms with E-state index in [2.05, 4.69) is 36.4 Å². The number of thiazole rings is 1. The van der Waals surface area contributed by atoms with E-state index in [1.165, 1.54) is 42.6 Å². The molecule has 6 N–H and O–H groups in total. The van der Waals surface area contributed by atoms with Gasteiger partial charge in [-0.25, -0.2) is 4.98 Å². The summed E-state index contributed by atoms with van der Waals surface area (Å²) in [7, 11) is 1.96. The van der Waals surface area contributed by atoms with Crippen molar-refractivity contribution < 1.29 is 14.4 Å². The Balaban J connectivity index is -0.000000432. The van der Waals surface area contributed by atoms with Crippen LogP contribution in [0.25, 0.3) is 0 Å². The van der Waals surface area contributed by atoms with Gasteiger partial charge in [-0.05, 0) is 58.0 Å². The smallest absolute Gasteiger partial charge is 0.313 e. The van der Waals surface area contributed by atoms with Gasteiger partial charge in [-0.15, -0.1) is 11.3 Å². The first-order chi connectivity index (χ1) is 17.1. The van der Waals surface area contributed by atoms with E-state index in [0.29, 0.717) is 10.7 Å². The van der Waals surface area contributed by atoms with Gasteiger partial charge < -0.3 is 22.1 Å². The molecule has 0 aliphatic rings. The normalized spacial score (nSPS) is 8.92. The van der Waals surface area contributed by atoms with Gasteiger partial charge >= 0.3 is 11.8 Å². The molecule has 0 atom stereocenters. The zero-order valence-corrected chi connectivity index (χ0v) is 24.6. The van der Waals surface area contributed by atoms with Crippen molar-refractivity contribution in [2.45, 2.75) is 87.5 Å². The maximum absolute atomic E-state index is 10.9. The number of hydrogen-bond acceptors (Lipinski definition) is 6. The molecule has 0 spiro atoms. The minimum Gasteiger partial charge on any atom is -0.364 e. The Morgan fingerprint density at radius 3 is 1.67 bits per heavy atom. The predicted molar refractivity (Wildman–Crippen MR) is 155 cm³/mol. The molecule has 9 heteroatoms. The number of nitrogens with one attached hydrogen (secondary N) is 2. The zero-order valence-electron chi connectivity index (χ0n) is 23.8. The van der Waals surface area contributed by atoms with Gasteiger partial charge in [0.2, 0.25) is 0 Å². The summed E-state index contributed by atoms with van der Waals surface area (Å²) in [5.41, 5.74) is 12.4. The molecule has 0 aliphatic heterocycles. The molecule has 206 valence electrons. The second-order valence-corrected chi connectivity index (χ2v) is 8.55. The van der Waals surface area contributed by atoms with E-state index in [9.17, 15) is 14.4 Å². The molecule has 0 radical (unpaired) electrons. The van der Waals surface area contributed by atoms with Crippen LogP contribution < -0.4 is 22.1 Å². The first-order valence-corrected chi connectivity index (χ1v) is 13.5. The van der Waals surface area contributed by atoms with Gasteiger partial charge in [0.15, 0.2) is 5.01 Å². The fraction of sp³-hybridized carbons (Fsp3) is 0.556. The number of primary amides is 2. The molecular weight excluding hydrogens is 474 g/mol. The van der Waals surface area contributed by atoms with Crippen LogP contribution in [0.15, 0.2) is 24.3 Å². The lowest BCUT2D eigenvalue weighted by Gasteiger charge is -2.02. The van der Waals surface area contributed by atoms with Crippen molar-refractivity contribution in [3.63, 3.8) is 0 Å². The van der Waals surface area contributed by atoms with Crippen molar-refractivity contribution in [3.05, 3.63) is 45.4 Å². The first-order valence-electron chi connectivity index (χ1n) is 12.7. The summed E-state index contributed by atoms with van der Waals surface area (Å²) < 4.78 is 0. The molecule has 0 aliphatic carbocycles. The van der Waals surface area contributed by atoms with E-state index in [1.54, 1.807) is 12.1 Å². The molecule has 0 fully saturated rings. The molecule has 1 aromatic carbocycles. The minimum absolute atomic E-state index is 0.398. The number of rotatable bonds is 7. The number of carbonyl (C=O) groups excluding carboxylic acids is 3. The van der Waals surface area contributed by atoms with E-state index in [1.807, 2.05) is 53.8 Å². The van der Waals surface area contributed by atoms with E-state index in [-0.39, 0.29) is 0 Å². The number of benzene rings is 1. The van der Waals surface area contributed by atoms with Crippen molar-refractivity contribution in [1.82, 2.24) is 10.3 Å². The predicted octanol–water partition coefficient (Wildman–Crippen LogP) is 5.37. The van der Waals surface area contributed by atoms with E-state index < -0.39 is 17.7 Å². The molecule has 1 aromatic heterocycles. The van der Waals surface area contributed by atoms with Gasteiger partial charge in [-0.3, -0.25) is 14.4 Å². The monoisotopic (exact) mass is 523 g/mol. The molecule has 1 heterocycles. The van der Waals surface area contributed by atoms with Gasteiger partial charge in [-0.1, -0.05) is 72.9 Å². The number of nitrogens with zero attached hydrogens (tertiary/aromatic N) is 1. The Hall–Kier alpha value is -2.78. The van der Waals surface area contributed by atoms with Crippen molar-refractivity contribution >= 4 is 34.7 Å². The Kier molecular flexibility index (Phi) is 26.6. The molecule has 0 unspecified atom stereocenters. The standard InChI is InChI=1S/C10H12N2O2.C6H8N2OS.C5H12.C4H11N.C2H6/c1-2-7-3-5-8(6-4-7)12-10(14)9(11)13;1-3-4(2)10-6(8-3)5(7)9;1-3-5-4-2;1-3-4-5-2;1-2/h3-6H,2H2,1H3,(H2,11,13)(H,12,14);1-2H3,(H2,7,9);3-5H2,1-2H3;5H,3-4H2,1-2H3;1-2H3. The largest absolute Gasteiger partial charge is 0.364 e. The lowest BCUT2D eigenvalue weighted by molar-refractivity contribution is -0.134. The number of nitrogens with two attached hydrogens (primary N) is 2. The number of anilines is 1. The molecule has 3 amide bonds. The van der Waals surface area contributed by atoms with Gasteiger partial charge in [0.1, 0.15) is 0 Å². The van der Waals surface area contributed by atoms with E-state index >= 15 is 0 Å². The third-order valence-corrected chi connectivity index (χ3v) is 5.38. The van der Waals surface area contributed by atoms with Crippen LogP contribution >= 0.6 is 11.3 Å².